The summed E-state index contributed by atoms with van der Waals surface area (Å²) in [4.78, 5) is 17.6. The predicted molar refractivity (Wildman–Crippen MR) is 69.1 cm³/mol. The maximum Gasteiger partial charge on any atom is 0.253 e. The maximum atomic E-state index is 12.6. The normalized spacial score (nSPS) is 12.2. The maximum absolute atomic E-state index is 12.6. The van der Waals surface area contributed by atoms with Gasteiger partial charge in [0.15, 0.2) is 0 Å². The molecule has 2 rings (SSSR count). The number of aromatic nitrogens is 1. The first-order valence-corrected chi connectivity index (χ1v) is 6.36. The van der Waals surface area contributed by atoms with Crippen molar-refractivity contribution in [3.63, 3.8) is 0 Å². The SMILES string of the molecule is Cc1ccc(C(C)NC(=O)c2ccc(F)nc2)s1. The number of thiophene rings is 1. The van der Waals surface area contributed by atoms with Crippen molar-refractivity contribution in [2.75, 3.05) is 0 Å². The predicted octanol–water partition coefficient (Wildman–Crippen LogP) is 3.08. The van der Waals surface area contributed by atoms with E-state index < -0.39 is 5.95 Å². The fourth-order valence-corrected chi connectivity index (χ4v) is 2.43. The molecule has 94 valence electrons. The molecule has 0 radical (unpaired) electrons. The molecular formula is C13H13FN2OS. The van der Waals surface area contributed by atoms with Crippen molar-refractivity contribution in [3.8, 4) is 0 Å². The number of nitrogens with one attached hydrogen (secondary N) is 1. The lowest BCUT2D eigenvalue weighted by atomic mass is 10.2. The second-order valence-corrected chi connectivity index (χ2v) is 5.33. The lowest BCUT2D eigenvalue weighted by molar-refractivity contribution is 0.0940. The van der Waals surface area contributed by atoms with E-state index in [1.165, 1.54) is 23.2 Å². The van der Waals surface area contributed by atoms with E-state index in [4.69, 9.17) is 0 Å². The van der Waals surface area contributed by atoms with Crippen molar-refractivity contribution in [1.29, 1.82) is 0 Å². The second kappa shape index (κ2) is 5.27. The van der Waals surface area contributed by atoms with Crippen LogP contribution in [0.15, 0.2) is 30.5 Å². The van der Waals surface area contributed by atoms with Crippen LogP contribution in [0.4, 0.5) is 4.39 Å². The molecule has 0 saturated carbocycles. The summed E-state index contributed by atoms with van der Waals surface area (Å²) in [5, 5.41) is 2.85. The average Bonchev–Trinajstić information content (AvgIpc) is 2.76. The molecule has 2 aromatic rings. The summed E-state index contributed by atoms with van der Waals surface area (Å²) >= 11 is 1.65. The molecule has 1 N–H and O–H groups in total. The zero-order valence-corrected chi connectivity index (χ0v) is 10.9. The highest BCUT2D eigenvalue weighted by atomic mass is 32.1. The smallest absolute Gasteiger partial charge is 0.253 e. The molecule has 0 saturated heterocycles. The van der Waals surface area contributed by atoms with Crippen molar-refractivity contribution < 1.29 is 9.18 Å². The van der Waals surface area contributed by atoms with Crippen molar-refractivity contribution in [2.24, 2.45) is 0 Å². The van der Waals surface area contributed by atoms with Crippen molar-refractivity contribution in [2.45, 2.75) is 19.9 Å². The summed E-state index contributed by atoms with van der Waals surface area (Å²) in [5.74, 6) is -0.838. The molecule has 0 spiro atoms. The number of hydrogen-bond donors (Lipinski definition) is 1. The summed E-state index contributed by atoms with van der Waals surface area (Å²) < 4.78 is 12.6. The minimum Gasteiger partial charge on any atom is -0.345 e. The van der Waals surface area contributed by atoms with Gasteiger partial charge >= 0.3 is 0 Å². The molecule has 0 aliphatic carbocycles. The number of halogens is 1. The van der Waals surface area contributed by atoms with Gasteiger partial charge in [-0.25, -0.2) is 4.98 Å². The molecule has 2 aromatic heterocycles. The first kappa shape index (κ1) is 12.7. The topological polar surface area (TPSA) is 42.0 Å². The second-order valence-electron chi connectivity index (χ2n) is 4.01. The molecule has 1 atom stereocenters. The first-order valence-electron chi connectivity index (χ1n) is 5.55. The molecule has 2 heterocycles. The number of nitrogens with zero attached hydrogens (tertiary/aromatic N) is 1. The van der Waals surface area contributed by atoms with Crippen LogP contribution in [0.5, 0.6) is 0 Å². The number of carbonyl (C=O) groups excluding carboxylic acids is 1. The van der Waals surface area contributed by atoms with Crippen LogP contribution in [0, 0.1) is 12.9 Å². The molecule has 0 bridgehead atoms. The number of rotatable bonds is 3. The highest BCUT2D eigenvalue weighted by Gasteiger charge is 2.13. The quantitative estimate of drug-likeness (QED) is 0.866. The van der Waals surface area contributed by atoms with Gasteiger partial charge in [-0.05, 0) is 38.1 Å². The molecule has 5 heteroatoms. The van der Waals surface area contributed by atoms with Crippen molar-refractivity contribution >= 4 is 17.2 Å². The molecule has 0 aromatic carbocycles. The Morgan fingerprint density at radius 2 is 2.17 bits per heavy atom. The number of amides is 1. The van der Waals surface area contributed by atoms with Crippen LogP contribution >= 0.6 is 11.3 Å². The number of pyridine rings is 1. The van der Waals surface area contributed by atoms with Gasteiger partial charge in [0.2, 0.25) is 5.95 Å². The highest BCUT2D eigenvalue weighted by Crippen LogP contribution is 2.22. The van der Waals surface area contributed by atoms with Gasteiger partial charge in [-0.15, -0.1) is 11.3 Å². The van der Waals surface area contributed by atoms with E-state index in [0.717, 1.165) is 4.88 Å². The van der Waals surface area contributed by atoms with Gasteiger partial charge in [0, 0.05) is 16.0 Å². The van der Waals surface area contributed by atoms with E-state index in [9.17, 15) is 9.18 Å². The summed E-state index contributed by atoms with van der Waals surface area (Å²) in [6, 6.07) is 6.54. The number of carbonyl (C=O) groups is 1. The largest absolute Gasteiger partial charge is 0.345 e. The summed E-state index contributed by atoms with van der Waals surface area (Å²) in [7, 11) is 0. The minimum atomic E-state index is -0.589. The summed E-state index contributed by atoms with van der Waals surface area (Å²) in [6.07, 6.45) is 1.23. The zero-order valence-electron chi connectivity index (χ0n) is 10.1. The van der Waals surface area contributed by atoms with Crippen LogP contribution in [0.2, 0.25) is 0 Å². The standard InChI is InChI=1S/C13H13FN2OS/c1-8-3-5-11(18-8)9(2)16-13(17)10-4-6-12(14)15-7-10/h3-7,9H,1-2H3,(H,16,17). The fraction of sp³-hybridized carbons (Fsp3) is 0.231. The van der Waals surface area contributed by atoms with E-state index in [2.05, 4.69) is 10.3 Å². The Morgan fingerprint density at radius 1 is 1.39 bits per heavy atom. The van der Waals surface area contributed by atoms with Gasteiger partial charge in [-0.3, -0.25) is 4.79 Å². The van der Waals surface area contributed by atoms with E-state index in [1.807, 2.05) is 26.0 Å². The third-order valence-electron chi connectivity index (χ3n) is 2.53. The molecule has 18 heavy (non-hydrogen) atoms. The molecule has 0 fully saturated rings. The van der Waals surface area contributed by atoms with Gasteiger partial charge in [-0.1, -0.05) is 0 Å². The molecule has 0 aliphatic heterocycles. The summed E-state index contributed by atoms with van der Waals surface area (Å²) in [5.41, 5.74) is 0.358. The highest BCUT2D eigenvalue weighted by molar-refractivity contribution is 7.12. The first-order chi connectivity index (χ1) is 8.56. The van der Waals surface area contributed by atoms with Crippen molar-refractivity contribution in [1.82, 2.24) is 10.3 Å². The Labute approximate surface area is 109 Å². The molecule has 0 aliphatic rings. The lowest BCUT2D eigenvalue weighted by Gasteiger charge is -2.11. The van der Waals surface area contributed by atoms with E-state index in [1.54, 1.807) is 11.3 Å². The van der Waals surface area contributed by atoms with Crippen LogP contribution in [-0.4, -0.2) is 10.9 Å². The Morgan fingerprint density at radius 3 is 2.72 bits per heavy atom. The van der Waals surface area contributed by atoms with Crippen molar-refractivity contribution in [3.05, 3.63) is 51.7 Å². The Bertz CT molecular complexity index is 550. The summed E-state index contributed by atoms with van der Waals surface area (Å²) in [6.45, 7) is 3.94. The Kier molecular flexibility index (Phi) is 3.72. The Balaban J connectivity index is 2.05. The zero-order chi connectivity index (χ0) is 13.1. The van der Waals surface area contributed by atoms with Crippen LogP contribution in [0.3, 0.4) is 0 Å². The third-order valence-corrected chi connectivity index (χ3v) is 3.71. The molecular weight excluding hydrogens is 251 g/mol. The van der Waals surface area contributed by atoms with E-state index >= 15 is 0 Å². The monoisotopic (exact) mass is 264 g/mol. The van der Waals surface area contributed by atoms with E-state index in [-0.39, 0.29) is 11.9 Å². The van der Waals surface area contributed by atoms with Gasteiger partial charge in [0.1, 0.15) is 0 Å². The fourth-order valence-electron chi connectivity index (χ4n) is 1.55. The average molecular weight is 264 g/mol. The van der Waals surface area contributed by atoms with Crippen LogP contribution in [0.25, 0.3) is 0 Å². The van der Waals surface area contributed by atoms with Gasteiger partial charge in [0.05, 0.1) is 11.6 Å². The van der Waals surface area contributed by atoms with Gasteiger partial charge < -0.3 is 5.32 Å². The van der Waals surface area contributed by atoms with Crippen LogP contribution in [-0.2, 0) is 0 Å². The van der Waals surface area contributed by atoms with Crippen LogP contribution < -0.4 is 5.32 Å². The molecule has 1 unspecified atom stereocenters. The lowest BCUT2D eigenvalue weighted by Crippen LogP contribution is -2.26. The Hall–Kier alpha value is -1.75. The third kappa shape index (κ3) is 2.92. The number of hydrogen-bond acceptors (Lipinski definition) is 3. The minimum absolute atomic E-state index is 0.0683. The van der Waals surface area contributed by atoms with E-state index in [0.29, 0.717) is 5.56 Å². The molecule has 1 amide bonds. The van der Waals surface area contributed by atoms with Gasteiger partial charge in [-0.2, -0.15) is 4.39 Å². The number of aryl methyl sites for hydroxylation is 1. The van der Waals surface area contributed by atoms with Gasteiger partial charge in [0.25, 0.3) is 5.91 Å². The van der Waals surface area contributed by atoms with Crippen LogP contribution in [0.1, 0.15) is 33.1 Å². The molecule has 3 nitrogen and oxygen atoms in total.